The van der Waals surface area contributed by atoms with Gasteiger partial charge in [-0.2, -0.15) is 0 Å². The number of carbonyl (C=O) groups excluding carboxylic acids is 1. The van der Waals surface area contributed by atoms with Crippen LogP contribution in [0.15, 0.2) is 30.9 Å². The van der Waals surface area contributed by atoms with Crippen LogP contribution in [-0.4, -0.2) is 22.5 Å². The molecule has 2 aromatic rings. The Balaban J connectivity index is 2.64. The van der Waals surface area contributed by atoms with E-state index >= 15 is 0 Å². The van der Waals surface area contributed by atoms with Gasteiger partial charge < -0.3 is 9.14 Å². The third-order valence-electron chi connectivity index (χ3n) is 1.87. The maximum atomic E-state index is 11.2. The van der Waals surface area contributed by atoms with Gasteiger partial charge in [-0.15, -0.1) is 0 Å². The van der Waals surface area contributed by atoms with Crippen molar-refractivity contribution in [1.82, 2.24) is 9.38 Å². The quantitative estimate of drug-likeness (QED) is 0.611. The number of rotatable bonds is 1. The van der Waals surface area contributed by atoms with Crippen LogP contribution in [0.25, 0.3) is 5.52 Å². The highest BCUT2D eigenvalue weighted by Crippen LogP contribution is 2.11. The normalized spacial score (nSPS) is 10.2. The summed E-state index contributed by atoms with van der Waals surface area (Å²) in [5, 5.41) is 0. The molecule has 2 heterocycles. The predicted molar refractivity (Wildman–Crippen MR) is 46.5 cm³/mol. The van der Waals surface area contributed by atoms with Crippen molar-refractivity contribution < 1.29 is 9.53 Å². The lowest BCUT2D eigenvalue weighted by atomic mass is 10.3. The smallest absolute Gasteiger partial charge is 0.340 e. The molecule has 0 aliphatic rings. The van der Waals surface area contributed by atoms with Crippen molar-refractivity contribution in [3.8, 4) is 0 Å². The Morgan fingerprint density at radius 3 is 3.15 bits per heavy atom. The van der Waals surface area contributed by atoms with Crippen LogP contribution in [0.2, 0.25) is 0 Å². The Morgan fingerprint density at radius 2 is 2.38 bits per heavy atom. The average Bonchev–Trinajstić information content (AvgIpc) is 2.60. The highest BCUT2D eigenvalue weighted by molar-refractivity contribution is 5.96. The number of nitrogens with zero attached hydrogens (tertiary/aromatic N) is 2. The van der Waals surface area contributed by atoms with E-state index in [-0.39, 0.29) is 5.97 Å². The van der Waals surface area contributed by atoms with Gasteiger partial charge in [-0.1, -0.05) is 0 Å². The second kappa shape index (κ2) is 2.90. The Hall–Kier alpha value is -1.84. The second-order valence-electron chi connectivity index (χ2n) is 2.59. The third kappa shape index (κ3) is 1.16. The monoisotopic (exact) mass is 176 g/mol. The number of hydrogen-bond donors (Lipinski definition) is 0. The maximum absolute atomic E-state index is 11.2. The Bertz CT molecular complexity index is 448. The van der Waals surface area contributed by atoms with Gasteiger partial charge in [0.05, 0.1) is 24.4 Å². The summed E-state index contributed by atoms with van der Waals surface area (Å²) >= 11 is 0. The van der Waals surface area contributed by atoms with Crippen LogP contribution in [0.3, 0.4) is 0 Å². The zero-order valence-corrected chi connectivity index (χ0v) is 7.10. The minimum Gasteiger partial charge on any atom is -0.465 e. The number of fused-ring (bicyclic) bond motifs is 1. The van der Waals surface area contributed by atoms with Crippen LogP contribution in [0.4, 0.5) is 0 Å². The van der Waals surface area contributed by atoms with Crippen molar-refractivity contribution in [2.24, 2.45) is 0 Å². The highest BCUT2D eigenvalue weighted by atomic mass is 16.5. The van der Waals surface area contributed by atoms with Gasteiger partial charge in [-0.05, 0) is 6.07 Å². The number of carbonyl (C=O) groups is 1. The first kappa shape index (κ1) is 7.79. The van der Waals surface area contributed by atoms with Crippen molar-refractivity contribution in [2.75, 3.05) is 7.11 Å². The molecule has 4 nitrogen and oxygen atoms in total. The molecule has 0 saturated carbocycles. The predicted octanol–water partition coefficient (Wildman–Crippen LogP) is 1.12. The molecule has 0 fully saturated rings. The molecule has 0 aromatic carbocycles. The number of esters is 1. The van der Waals surface area contributed by atoms with Gasteiger partial charge in [0.15, 0.2) is 0 Å². The summed E-state index contributed by atoms with van der Waals surface area (Å²) < 4.78 is 6.44. The number of ether oxygens (including phenoxy) is 1. The van der Waals surface area contributed by atoms with E-state index in [4.69, 9.17) is 0 Å². The molecule has 13 heavy (non-hydrogen) atoms. The molecule has 4 heteroatoms. The molecular formula is C9H8N2O2. The lowest BCUT2D eigenvalue weighted by molar-refractivity contribution is 0.0603. The van der Waals surface area contributed by atoms with Crippen LogP contribution in [0.5, 0.6) is 0 Å². The van der Waals surface area contributed by atoms with Crippen LogP contribution in [0, 0.1) is 0 Å². The fourth-order valence-corrected chi connectivity index (χ4v) is 1.23. The molecule has 0 N–H and O–H groups in total. The molecule has 0 aliphatic carbocycles. The first-order valence-corrected chi connectivity index (χ1v) is 3.82. The summed E-state index contributed by atoms with van der Waals surface area (Å²) in [5.74, 6) is -0.337. The highest BCUT2D eigenvalue weighted by Gasteiger charge is 2.10. The van der Waals surface area contributed by atoms with E-state index in [9.17, 15) is 4.79 Å². The molecule has 0 radical (unpaired) electrons. The summed E-state index contributed by atoms with van der Waals surface area (Å²) in [6.45, 7) is 0. The van der Waals surface area contributed by atoms with Gasteiger partial charge in [0.1, 0.15) is 0 Å². The number of methoxy groups -OCH3 is 1. The van der Waals surface area contributed by atoms with Crippen molar-refractivity contribution in [2.45, 2.75) is 0 Å². The van der Waals surface area contributed by atoms with Gasteiger partial charge in [-0.25, -0.2) is 4.79 Å². The van der Waals surface area contributed by atoms with Gasteiger partial charge >= 0.3 is 5.97 Å². The molecule has 0 saturated heterocycles. The minimum absolute atomic E-state index is 0.337. The van der Waals surface area contributed by atoms with Crippen LogP contribution >= 0.6 is 0 Å². The third-order valence-corrected chi connectivity index (χ3v) is 1.87. The number of aromatic nitrogens is 2. The standard InChI is InChI=1S/C9H8N2O2/c1-13-9(12)7-2-4-11-5-3-10-6-8(7)11/h2-6H,1H3. The fourth-order valence-electron chi connectivity index (χ4n) is 1.23. The molecule has 0 atom stereocenters. The van der Waals surface area contributed by atoms with Crippen molar-refractivity contribution in [3.63, 3.8) is 0 Å². The van der Waals surface area contributed by atoms with E-state index in [2.05, 4.69) is 9.72 Å². The van der Waals surface area contributed by atoms with E-state index in [0.29, 0.717) is 5.56 Å². The topological polar surface area (TPSA) is 43.6 Å². The van der Waals surface area contributed by atoms with E-state index in [0.717, 1.165) is 5.52 Å². The van der Waals surface area contributed by atoms with Crippen molar-refractivity contribution in [3.05, 3.63) is 36.4 Å². The lowest BCUT2D eigenvalue weighted by Gasteiger charge is -1.96. The van der Waals surface area contributed by atoms with Gasteiger partial charge in [0.25, 0.3) is 0 Å². The average molecular weight is 176 g/mol. The molecule has 0 aliphatic heterocycles. The molecule has 2 rings (SSSR count). The van der Waals surface area contributed by atoms with Crippen molar-refractivity contribution >= 4 is 11.5 Å². The molecule has 0 bridgehead atoms. The molecule has 66 valence electrons. The zero-order valence-electron chi connectivity index (χ0n) is 7.10. The van der Waals surface area contributed by atoms with Crippen molar-refractivity contribution in [1.29, 1.82) is 0 Å². The van der Waals surface area contributed by atoms with Crippen LogP contribution < -0.4 is 0 Å². The zero-order chi connectivity index (χ0) is 9.26. The SMILES string of the molecule is COC(=O)c1ccn2ccncc12. The molecule has 0 amide bonds. The second-order valence-corrected chi connectivity index (χ2v) is 2.59. The minimum atomic E-state index is -0.337. The Morgan fingerprint density at radius 1 is 1.54 bits per heavy atom. The summed E-state index contributed by atoms with van der Waals surface area (Å²) in [6.07, 6.45) is 6.87. The first-order valence-electron chi connectivity index (χ1n) is 3.82. The summed E-state index contributed by atoms with van der Waals surface area (Å²) in [6, 6.07) is 1.71. The van der Waals surface area contributed by atoms with Gasteiger partial charge in [0, 0.05) is 18.6 Å². The largest absolute Gasteiger partial charge is 0.465 e. The van der Waals surface area contributed by atoms with Crippen LogP contribution in [0.1, 0.15) is 10.4 Å². The molecule has 2 aromatic heterocycles. The van der Waals surface area contributed by atoms with E-state index in [1.165, 1.54) is 7.11 Å². The lowest BCUT2D eigenvalue weighted by Crippen LogP contribution is -2.00. The molecule has 0 unspecified atom stereocenters. The maximum Gasteiger partial charge on any atom is 0.340 e. The summed E-state index contributed by atoms with van der Waals surface area (Å²) in [4.78, 5) is 15.2. The van der Waals surface area contributed by atoms with Gasteiger partial charge in [-0.3, -0.25) is 4.98 Å². The van der Waals surface area contributed by atoms with E-state index < -0.39 is 0 Å². The van der Waals surface area contributed by atoms with E-state index in [1.54, 1.807) is 30.9 Å². The fraction of sp³-hybridized carbons (Fsp3) is 0.111. The summed E-state index contributed by atoms with van der Waals surface area (Å²) in [7, 11) is 1.36. The van der Waals surface area contributed by atoms with Gasteiger partial charge in [0.2, 0.25) is 0 Å². The first-order chi connectivity index (χ1) is 6.33. The Labute approximate surface area is 74.8 Å². The molecule has 0 spiro atoms. The summed E-state index contributed by atoms with van der Waals surface area (Å²) in [5.41, 5.74) is 1.30. The Kier molecular flexibility index (Phi) is 1.73. The molecular weight excluding hydrogens is 168 g/mol. The van der Waals surface area contributed by atoms with Crippen LogP contribution in [-0.2, 0) is 4.74 Å². The van der Waals surface area contributed by atoms with E-state index in [1.807, 2.05) is 4.40 Å². The number of hydrogen-bond acceptors (Lipinski definition) is 3.